The number of rotatable bonds is 3. The molecule has 1 aromatic carbocycles. The van der Waals surface area contributed by atoms with Crippen LogP contribution in [0.15, 0.2) is 18.2 Å². The molecule has 0 radical (unpaired) electrons. The van der Waals surface area contributed by atoms with Crippen LogP contribution in [0.3, 0.4) is 0 Å². The number of benzene rings is 1. The maximum absolute atomic E-state index is 6.19. The number of hydrogen-bond donors (Lipinski definition) is 0. The first-order valence-electron chi connectivity index (χ1n) is 6.66. The summed E-state index contributed by atoms with van der Waals surface area (Å²) >= 11 is 12.2. The molecule has 1 aliphatic carbocycles. The number of nitrogens with zero attached hydrogens (tertiary/aromatic N) is 1. The van der Waals surface area contributed by atoms with Crippen LogP contribution in [-0.2, 0) is 10.2 Å². The normalized spacial score (nSPS) is 34.1. The fourth-order valence-corrected chi connectivity index (χ4v) is 4.23. The van der Waals surface area contributed by atoms with E-state index in [1.807, 2.05) is 12.1 Å². The summed E-state index contributed by atoms with van der Waals surface area (Å²) in [5, 5.41) is 1.29. The van der Waals surface area contributed by atoms with Gasteiger partial charge in [-0.25, -0.2) is 0 Å². The predicted molar refractivity (Wildman–Crippen MR) is 79.2 cm³/mol. The summed E-state index contributed by atoms with van der Waals surface area (Å²) in [7, 11) is 3.98. The molecule has 2 atom stereocenters. The van der Waals surface area contributed by atoms with E-state index in [0.29, 0.717) is 10.0 Å². The lowest BCUT2D eigenvalue weighted by Gasteiger charge is -2.36. The maximum atomic E-state index is 6.19. The quantitative estimate of drug-likeness (QED) is 0.845. The topological polar surface area (TPSA) is 12.5 Å². The second-order valence-electron chi connectivity index (χ2n) is 6.09. The molecule has 0 N–H and O–H groups in total. The van der Waals surface area contributed by atoms with Gasteiger partial charge in [-0.15, -0.1) is 0 Å². The molecular formula is C15H19Cl2NO. The summed E-state index contributed by atoms with van der Waals surface area (Å²) in [6, 6.07) is 6.10. The lowest BCUT2D eigenvalue weighted by atomic mass is 9.81. The summed E-state index contributed by atoms with van der Waals surface area (Å²) in [4.78, 5) is 2.40. The van der Waals surface area contributed by atoms with Crippen molar-refractivity contribution in [1.29, 1.82) is 0 Å². The van der Waals surface area contributed by atoms with Crippen LogP contribution < -0.4 is 0 Å². The zero-order valence-electron chi connectivity index (χ0n) is 11.4. The molecule has 3 rings (SSSR count). The Labute approximate surface area is 124 Å². The maximum Gasteiger partial charge on any atom is 0.0595 e. The molecule has 1 heterocycles. The summed E-state index contributed by atoms with van der Waals surface area (Å²) in [5.41, 5.74) is 1.82. The van der Waals surface area contributed by atoms with E-state index in [0.717, 1.165) is 19.7 Å². The molecule has 2 nitrogen and oxygen atoms in total. The second-order valence-corrected chi connectivity index (χ2v) is 6.90. The first-order valence-corrected chi connectivity index (χ1v) is 7.42. The number of likely N-dealkylation sites (tertiary alicyclic amines) is 1. The second kappa shape index (κ2) is 4.63. The number of ether oxygens (including phenoxy) is 1. The molecular weight excluding hydrogens is 281 g/mol. The van der Waals surface area contributed by atoms with Gasteiger partial charge in [0.1, 0.15) is 0 Å². The molecule has 4 heteroatoms. The average Bonchev–Trinajstić information content (AvgIpc) is 3.02. The lowest BCUT2D eigenvalue weighted by Crippen LogP contribution is -2.41. The third kappa shape index (κ3) is 2.01. The minimum atomic E-state index is 0.240. The number of methoxy groups -OCH3 is 1. The van der Waals surface area contributed by atoms with Gasteiger partial charge < -0.3 is 9.64 Å². The zero-order chi connectivity index (χ0) is 13.7. The van der Waals surface area contributed by atoms with Crippen LogP contribution in [0.2, 0.25) is 10.0 Å². The molecule has 0 unspecified atom stereocenters. The van der Waals surface area contributed by atoms with Gasteiger partial charge in [0.05, 0.1) is 16.7 Å². The minimum Gasteiger partial charge on any atom is -0.384 e. The highest BCUT2D eigenvalue weighted by Crippen LogP contribution is 2.68. The molecule has 0 aromatic heterocycles. The molecule has 1 saturated heterocycles. The highest BCUT2D eigenvalue weighted by atomic mass is 35.5. The van der Waals surface area contributed by atoms with Crippen molar-refractivity contribution >= 4 is 23.2 Å². The van der Waals surface area contributed by atoms with E-state index in [4.69, 9.17) is 27.9 Å². The number of piperidine rings is 1. The molecule has 104 valence electrons. The largest absolute Gasteiger partial charge is 0.384 e. The Morgan fingerprint density at radius 2 is 2.11 bits per heavy atom. The van der Waals surface area contributed by atoms with Gasteiger partial charge in [0.15, 0.2) is 0 Å². The molecule has 1 aliphatic heterocycles. The van der Waals surface area contributed by atoms with Crippen LogP contribution in [0.25, 0.3) is 0 Å². The van der Waals surface area contributed by atoms with E-state index >= 15 is 0 Å². The SMILES string of the molecule is COC[C@]12CN(C)CC[C@@]1(c1ccc(Cl)c(Cl)c1)C2. The van der Waals surface area contributed by atoms with Crippen molar-refractivity contribution in [3.63, 3.8) is 0 Å². The molecule has 1 saturated carbocycles. The third-order valence-corrected chi connectivity index (χ3v) is 5.66. The van der Waals surface area contributed by atoms with Crippen molar-refractivity contribution in [1.82, 2.24) is 4.90 Å². The lowest BCUT2D eigenvalue weighted by molar-refractivity contribution is 0.0785. The number of hydrogen-bond acceptors (Lipinski definition) is 2. The summed E-state index contributed by atoms with van der Waals surface area (Å²) in [5.74, 6) is 0. The first kappa shape index (κ1) is 13.7. The van der Waals surface area contributed by atoms with Crippen LogP contribution in [0.4, 0.5) is 0 Å². The minimum absolute atomic E-state index is 0.240. The number of fused-ring (bicyclic) bond motifs is 1. The van der Waals surface area contributed by atoms with Gasteiger partial charge in [-0.3, -0.25) is 0 Å². The third-order valence-electron chi connectivity index (χ3n) is 4.92. The molecule has 0 bridgehead atoms. The Morgan fingerprint density at radius 1 is 1.32 bits per heavy atom. The predicted octanol–water partition coefficient (Wildman–Crippen LogP) is 3.60. The summed E-state index contributed by atoms with van der Waals surface area (Å²) < 4.78 is 5.49. The van der Waals surface area contributed by atoms with Gasteiger partial charge in [0, 0.05) is 24.5 Å². The van der Waals surface area contributed by atoms with E-state index in [1.165, 1.54) is 18.4 Å². The molecule has 0 amide bonds. The van der Waals surface area contributed by atoms with Gasteiger partial charge in [0.2, 0.25) is 0 Å². The Kier molecular flexibility index (Phi) is 3.33. The van der Waals surface area contributed by atoms with E-state index in [9.17, 15) is 0 Å². The Hall–Kier alpha value is -0.280. The van der Waals surface area contributed by atoms with Gasteiger partial charge in [-0.2, -0.15) is 0 Å². The Balaban J connectivity index is 1.96. The van der Waals surface area contributed by atoms with Crippen molar-refractivity contribution in [2.45, 2.75) is 18.3 Å². The first-order chi connectivity index (χ1) is 9.03. The average molecular weight is 300 g/mol. The van der Waals surface area contributed by atoms with Gasteiger partial charge in [-0.05, 0) is 44.1 Å². The highest BCUT2D eigenvalue weighted by molar-refractivity contribution is 6.42. The molecule has 1 aromatic rings. The monoisotopic (exact) mass is 299 g/mol. The number of halogens is 2. The van der Waals surface area contributed by atoms with Gasteiger partial charge >= 0.3 is 0 Å². The van der Waals surface area contributed by atoms with Crippen molar-refractivity contribution in [2.24, 2.45) is 5.41 Å². The fourth-order valence-electron chi connectivity index (χ4n) is 3.93. The molecule has 19 heavy (non-hydrogen) atoms. The van der Waals surface area contributed by atoms with Gasteiger partial charge in [-0.1, -0.05) is 29.3 Å². The molecule has 2 fully saturated rings. The summed E-state index contributed by atoms with van der Waals surface area (Å²) in [6.45, 7) is 3.05. The van der Waals surface area contributed by atoms with Crippen LogP contribution in [0.5, 0.6) is 0 Å². The van der Waals surface area contributed by atoms with E-state index in [2.05, 4.69) is 18.0 Å². The van der Waals surface area contributed by atoms with Crippen LogP contribution in [-0.4, -0.2) is 38.8 Å². The molecule has 0 spiro atoms. The van der Waals surface area contributed by atoms with Crippen LogP contribution in [0.1, 0.15) is 18.4 Å². The standard InChI is InChI=1S/C15H19Cl2NO/c1-18-6-5-15(8-14(15,9-18)10-19-2)11-3-4-12(16)13(17)7-11/h3-4,7H,5-6,8-10H2,1-2H3/t14-,15-/m0/s1. The van der Waals surface area contributed by atoms with Crippen molar-refractivity contribution < 1.29 is 4.74 Å². The smallest absolute Gasteiger partial charge is 0.0595 e. The van der Waals surface area contributed by atoms with E-state index in [1.54, 1.807) is 7.11 Å². The summed E-state index contributed by atoms with van der Waals surface area (Å²) in [6.07, 6.45) is 2.36. The van der Waals surface area contributed by atoms with E-state index in [-0.39, 0.29) is 10.8 Å². The highest BCUT2D eigenvalue weighted by Gasteiger charge is 2.69. The Bertz CT molecular complexity index is 507. The van der Waals surface area contributed by atoms with Crippen molar-refractivity contribution in [3.05, 3.63) is 33.8 Å². The zero-order valence-corrected chi connectivity index (χ0v) is 12.9. The fraction of sp³-hybridized carbons (Fsp3) is 0.600. The van der Waals surface area contributed by atoms with Crippen LogP contribution in [0, 0.1) is 5.41 Å². The van der Waals surface area contributed by atoms with Crippen molar-refractivity contribution in [3.8, 4) is 0 Å². The van der Waals surface area contributed by atoms with E-state index < -0.39 is 0 Å². The van der Waals surface area contributed by atoms with Crippen LogP contribution >= 0.6 is 23.2 Å². The van der Waals surface area contributed by atoms with Gasteiger partial charge in [0.25, 0.3) is 0 Å². The Morgan fingerprint density at radius 3 is 2.79 bits per heavy atom. The molecule has 2 aliphatic rings. The van der Waals surface area contributed by atoms with Crippen molar-refractivity contribution in [2.75, 3.05) is 33.9 Å².